The maximum absolute atomic E-state index is 13.0. The first-order valence-corrected chi connectivity index (χ1v) is 13.0. The maximum Gasteiger partial charge on any atom is 0.429 e. The van der Waals surface area contributed by atoms with Crippen molar-refractivity contribution in [2.75, 3.05) is 0 Å². The SMILES string of the molecule is CCCCCCc1sc(-c2ccnc(C3(N)CC(C(F)(F)F)=N3)c2)c2c(CCCC)cccc12. The fourth-order valence-corrected chi connectivity index (χ4v) is 5.97. The molecular formula is C27H32F3N3S. The van der Waals surface area contributed by atoms with Crippen LogP contribution in [0.1, 0.15) is 74.9 Å². The third-order valence-corrected chi connectivity index (χ3v) is 7.84. The number of aryl methyl sites for hydroxylation is 2. The number of thiophene rings is 1. The van der Waals surface area contributed by atoms with Crippen molar-refractivity contribution < 1.29 is 13.2 Å². The average molecular weight is 488 g/mol. The molecule has 1 aromatic carbocycles. The monoisotopic (exact) mass is 487 g/mol. The van der Waals surface area contributed by atoms with Crippen molar-refractivity contribution in [3.8, 4) is 10.4 Å². The molecule has 0 bridgehead atoms. The van der Waals surface area contributed by atoms with E-state index < -0.39 is 17.6 Å². The standard InChI is InChI=1S/C27H32F3N3S/c1-3-5-7-8-13-21-20-12-9-11-18(10-6-4-2)24(20)25(34-21)19-14-15-32-22(16-19)26(31)17-23(33-26)27(28,29)30/h9,11-12,14-16H,3-8,10,13,17,31H2,1-2H3. The fourth-order valence-electron chi connectivity index (χ4n) is 4.61. The zero-order valence-corrected chi connectivity index (χ0v) is 20.7. The van der Waals surface area contributed by atoms with Crippen molar-refractivity contribution in [3.05, 3.63) is 52.7 Å². The molecule has 3 aromatic rings. The third kappa shape index (κ3) is 5.05. The highest BCUT2D eigenvalue weighted by atomic mass is 32.1. The van der Waals surface area contributed by atoms with Crippen LogP contribution in [0.4, 0.5) is 13.2 Å². The van der Waals surface area contributed by atoms with Crippen LogP contribution in [0.2, 0.25) is 0 Å². The van der Waals surface area contributed by atoms with Gasteiger partial charge in [-0.2, -0.15) is 13.2 Å². The highest BCUT2D eigenvalue weighted by molar-refractivity contribution is 7.17. The van der Waals surface area contributed by atoms with Crippen molar-refractivity contribution in [2.24, 2.45) is 10.7 Å². The highest BCUT2D eigenvalue weighted by Gasteiger charge is 2.49. The van der Waals surface area contributed by atoms with E-state index in [9.17, 15) is 13.2 Å². The Bertz CT molecular complexity index is 1180. The topological polar surface area (TPSA) is 51.3 Å². The normalized spacial score (nSPS) is 18.2. The number of unbranched alkanes of at least 4 members (excludes halogenated alkanes) is 4. The van der Waals surface area contributed by atoms with Crippen LogP contribution >= 0.6 is 11.3 Å². The molecule has 3 heterocycles. The molecule has 182 valence electrons. The van der Waals surface area contributed by atoms with Crippen molar-refractivity contribution in [1.82, 2.24) is 4.98 Å². The molecule has 7 heteroatoms. The molecule has 1 unspecified atom stereocenters. The summed E-state index contributed by atoms with van der Waals surface area (Å²) >= 11 is 1.80. The first kappa shape index (κ1) is 24.9. The lowest BCUT2D eigenvalue weighted by molar-refractivity contribution is -0.0657. The van der Waals surface area contributed by atoms with E-state index in [2.05, 4.69) is 42.0 Å². The van der Waals surface area contributed by atoms with Gasteiger partial charge >= 0.3 is 6.18 Å². The van der Waals surface area contributed by atoms with Gasteiger partial charge in [0, 0.05) is 27.8 Å². The molecule has 1 atom stereocenters. The average Bonchev–Trinajstić information content (AvgIpc) is 3.17. The van der Waals surface area contributed by atoms with E-state index in [0.717, 1.165) is 42.5 Å². The van der Waals surface area contributed by atoms with Gasteiger partial charge in [0.2, 0.25) is 0 Å². The molecule has 2 aromatic heterocycles. The summed E-state index contributed by atoms with van der Waals surface area (Å²) in [5, 5.41) is 2.56. The molecule has 3 nitrogen and oxygen atoms in total. The molecule has 0 amide bonds. The number of nitrogens with two attached hydrogens (primary N) is 1. The Kier molecular flexibility index (Phi) is 7.43. The lowest BCUT2D eigenvalue weighted by atomic mass is 9.91. The van der Waals surface area contributed by atoms with E-state index in [0.29, 0.717) is 5.69 Å². The van der Waals surface area contributed by atoms with Crippen molar-refractivity contribution in [3.63, 3.8) is 0 Å². The van der Waals surface area contributed by atoms with Crippen LogP contribution in [0, 0.1) is 0 Å². The Morgan fingerprint density at radius 2 is 1.79 bits per heavy atom. The number of benzene rings is 1. The van der Waals surface area contributed by atoms with Gasteiger partial charge in [0.1, 0.15) is 5.71 Å². The lowest BCUT2D eigenvalue weighted by Crippen LogP contribution is -2.50. The van der Waals surface area contributed by atoms with Crippen LogP contribution in [-0.2, 0) is 18.5 Å². The van der Waals surface area contributed by atoms with E-state index in [1.165, 1.54) is 40.5 Å². The van der Waals surface area contributed by atoms with Crippen molar-refractivity contribution in [2.45, 2.75) is 83.5 Å². The second kappa shape index (κ2) is 10.2. The number of rotatable bonds is 10. The summed E-state index contributed by atoms with van der Waals surface area (Å²) in [5.41, 5.74) is 6.64. The molecule has 0 fully saturated rings. The summed E-state index contributed by atoms with van der Waals surface area (Å²) in [6.45, 7) is 4.41. The molecule has 0 spiro atoms. The van der Waals surface area contributed by atoms with E-state index in [4.69, 9.17) is 5.73 Å². The van der Waals surface area contributed by atoms with Crippen molar-refractivity contribution in [1.29, 1.82) is 0 Å². The second-order valence-corrected chi connectivity index (χ2v) is 10.3. The van der Waals surface area contributed by atoms with Crippen LogP contribution in [0.25, 0.3) is 21.2 Å². The van der Waals surface area contributed by atoms with Crippen molar-refractivity contribution >= 4 is 27.8 Å². The largest absolute Gasteiger partial charge is 0.429 e. The number of aromatic nitrogens is 1. The smallest absolute Gasteiger partial charge is 0.302 e. The second-order valence-electron chi connectivity index (χ2n) is 9.20. The molecule has 0 saturated carbocycles. The fraction of sp³-hybridized carbons (Fsp3) is 0.481. The Morgan fingerprint density at radius 3 is 2.50 bits per heavy atom. The number of nitrogens with zero attached hydrogens (tertiary/aromatic N) is 2. The zero-order chi connectivity index (χ0) is 24.3. The first-order chi connectivity index (χ1) is 16.3. The quantitative estimate of drug-likeness (QED) is 0.295. The minimum absolute atomic E-state index is 0.345. The zero-order valence-electron chi connectivity index (χ0n) is 19.8. The molecule has 0 aliphatic carbocycles. The first-order valence-electron chi connectivity index (χ1n) is 12.2. The van der Waals surface area contributed by atoms with Crippen LogP contribution < -0.4 is 5.73 Å². The Hall–Kier alpha value is -2.25. The number of hydrogen-bond donors (Lipinski definition) is 1. The van der Waals surface area contributed by atoms with Crippen LogP contribution in [0.3, 0.4) is 0 Å². The number of pyridine rings is 1. The van der Waals surface area contributed by atoms with Gasteiger partial charge in [0.05, 0.1) is 5.69 Å². The lowest BCUT2D eigenvalue weighted by Gasteiger charge is -2.35. The third-order valence-electron chi connectivity index (χ3n) is 6.52. The van der Waals surface area contributed by atoms with E-state index in [1.54, 1.807) is 17.5 Å². The highest BCUT2D eigenvalue weighted by Crippen LogP contribution is 2.44. The number of hydrogen-bond acceptors (Lipinski definition) is 4. The summed E-state index contributed by atoms with van der Waals surface area (Å²) in [5.74, 6) is 0. The van der Waals surface area contributed by atoms with E-state index in [-0.39, 0.29) is 6.42 Å². The molecule has 2 N–H and O–H groups in total. The number of alkyl halides is 3. The predicted molar refractivity (Wildman–Crippen MR) is 135 cm³/mol. The molecule has 0 saturated heterocycles. The number of aliphatic imine (C=N–C) groups is 1. The van der Waals surface area contributed by atoms with Gasteiger partial charge in [-0.05, 0) is 54.3 Å². The van der Waals surface area contributed by atoms with Gasteiger partial charge in [0.25, 0.3) is 0 Å². The number of halogens is 3. The minimum Gasteiger partial charge on any atom is -0.302 e. The molecule has 1 aliphatic rings. The van der Waals surface area contributed by atoms with E-state index in [1.807, 2.05) is 12.1 Å². The predicted octanol–water partition coefficient (Wildman–Crippen LogP) is 7.95. The minimum atomic E-state index is -4.44. The Balaban J connectivity index is 1.75. The van der Waals surface area contributed by atoms with Gasteiger partial charge in [-0.25, -0.2) is 0 Å². The van der Waals surface area contributed by atoms with Crippen LogP contribution in [0.5, 0.6) is 0 Å². The molecule has 4 rings (SSSR count). The molecule has 0 radical (unpaired) electrons. The summed E-state index contributed by atoms with van der Waals surface area (Å²) in [6.07, 6.45) is 5.95. The summed E-state index contributed by atoms with van der Waals surface area (Å²) < 4.78 is 38.9. The van der Waals surface area contributed by atoms with Gasteiger partial charge in [-0.15, -0.1) is 11.3 Å². The van der Waals surface area contributed by atoms with Gasteiger partial charge in [-0.1, -0.05) is 57.7 Å². The van der Waals surface area contributed by atoms with E-state index >= 15 is 0 Å². The van der Waals surface area contributed by atoms with Gasteiger partial charge in [-0.3, -0.25) is 9.98 Å². The molecule has 1 aliphatic heterocycles. The summed E-state index contributed by atoms with van der Waals surface area (Å²) in [7, 11) is 0. The summed E-state index contributed by atoms with van der Waals surface area (Å²) in [6, 6.07) is 10.3. The van der Waals surface area contributed by atoms with Gasteiger partial charge in [0.15, 0.2) is 5.66 Å². The maximum atomic E-state index is 13.0. The summed E-state index contributed by atoms with van der Waals surface area (Å²) in [4.78, 5) is 10.6. The molecule has 34 heavy (non-hydrogen) atoms. The Labute approximate surface area is 203 Å². The molecular weight excluding hydrogens is 455 g/mol. The Morgan fingerprint density at radius 1 is 1.03 bits per heavy atom. The van der Waals surface area contributed by atoms with Crippen LogP contribution in [-0.4, -0.2) is 16.9 Å². The van der Waals surface area contributed by atoms with Crippen LogP contribution in [0.15, 0.2) is 41.5 Å². The van der Waals surface area contributed by atoms with Gasteiger partial charge < -0.3 is 5.73 Å². The number of fused-ring (bicyclic) bond motifs is 1.